The van der Waals surface area contributed by atoms with Crippen LogP contribution in [-0.4, -0.2) is 50.8 Å². The van der Waals surface area contributed by atoms with Crippen LogP contribution in [0.2, 0.25) is 0 Å². The molecule has 1 aliphatic rings. The number of hydrogen-bond acceptors (Lipinski definition) is 7. The van der Waals surface area contributed by atoms with Crippen LogP contribution in [0.15, 0.2) is 32.9 Å². The van der Waals surface area contributed by atoms with Crippen molar-refractivity contribution in [2.45, 2.75) is 76.5 Å². The fraction of sp³-hybridized carbons (Fsp3) is 0.619. The first-order valence-corrected chi connectivity index (χ1v) is 11.6. The number of rotatable bonds is 7. The van der Waals surface area contributed by atoms with Crippen molar-refractivity contribution in [2.24, 2.45) is 5.92 Å². The summed E-state index contributed by atoms with van der Waals surface area (Å²) in [6.45, 7) is 12.3. The lowest BCUT2D eigenvalue weighted by Gasteiger charge is -2.27. The van der Waals surface area contributed by atoms with Crippen molar-refractivity contribution in [3.63, 3.8) is 0 Å². The van der Waals surface area contributed by atoms with Crippen molar-refractivity contribution in [3.8, 4) is 0 Å². The Morgan fingerprint density at radius 1 is 1.39 bits per heavy atom. The van der Waals surface area contributed by atoms with Gasteiger partial charge in [0.1, 0.15) is 30.1 Å². The highest BCUT2D eigenvalue weighted by molar-refractivity contribution is 9.10. The lowest BCUT2D eigenvalue weighted by molar-refractivity contribution is -0.155. The summed E-state index contributed by atoms with van der Waals surface area (Å²) in [4.78, 5) is 51.3. The van der Waals surface area contributed by atoms with Gasteiger partial charge in [0.05, 0.1) is 9.85 Å². The first-order chi connectivity index (χ1) is 15.2. The van der Waals surface area contributed by atoms with Crippen molar-refractivity contribution < 1.29 is 23.8 Å². The Bertz CT molecular complexity index is 1000. The predicted molar refractivity (Wildman–Crippen MR) is 125 cm³/mol. The maximum atomic E-state index is 13.0. The van der Waals surface area contributed by atoms with E-state index in [0.29, 0.717) is 0 Å². The van der Waals surface area contributed by atoms with Gasteiger partial charge in [-0.25, -0.2) is 14.4 Å². The third kappa shape index (κ3) is 7.18. The lowest BCUT2D eigenvalue weighted by atomic mass is 10.0. The number of alkyl halides is 1. The molecule has 0 radical (unpaired) electrons. The first kappa shape index (κ1) is 27.1. The molecule has 1 saturated heterocycles. The largest absolute Gasteiger partial charge is 0.458 e. The number of aromatic amines is 1. The molecule has 1 aliphatic heterocycles. The average Bonchev–Trinajstić information content (AvgIpc) is 3.10. The summed E-state index contributed by atoms with van der Waals surface area (Å²) in [7, 11) is 0. The molecule has 2 N–H and O–H groups in total. The van der Waals surface area contributed by atoms with Crippen LogP contribution in [0.5, 0.6) is 0 Å². The monoisotopic (exact) mass is 549 g/mol. The summed E-state index contributed by atoms with van der Waals surface area (Å²) in [5.41, 5.74) is -2.00. The van der Waals surface area contributed by atoms with Gasteiger partial charge in [-0.05, 0) is 42.6 Å². The van der Waals surface area contributed by atoms with Gasteiger partial charge >= 0.3 is 17.8 Å². The van der Waals surface area contributed by atoms with E-state index < -0.39 is 58.8 Å². The summed E-state index contributed by atoms with van der Waals surface area (Å²) in [6, 6.07) is -0.984. The summed E-state index contributed by atoms with van der Waals surface area (Å²) in [5, 5.41) is 1.81. The average molecular weight is 551 g/mol. The van der Waals surface area contributed by atoms with Crippen molar-refractivity contribution in [3.05, 3.63) is 44.2 Å². The van der Waals surface area contributed by atoms with E-state index in [-0.39, 0.29) is 16.8 Å². The fourth-order valence-corrected chi connectivity index (χ4v) is 3.74. The molecule has 5 atom stereocenters. The van der Waals surface area contributed by atoms with Gasteiger partial charge in [0.2, 0.25) is 0 Å². The third-order valence-corrected chi connectivity index (χ3v) is 5.74. The van der Waals surface area contributed by atoms with E-state index in [1.54, 1.807) is 34.6 Å². The quantitative estimate of drug-likeness (QED) is 0.303. The maximum absolute atomic E-state index is 13.0. The zero-order chi connectivity index (χ0) is 25.1. The molecule has 2 rings (SSSR count). The number of H-pyrrole nitrogens is 1. The van der Waals surface area contributed by atoms with Crippen LogP contribution < -0.4 is 16.6 Å². The number of nitrogens with one attached hydrogen (secondary N) is 2. The summed E-state index contributed by atoms with van der Waals surface area (Å²) >= 11 is 9.40. The van der Waals surface area contributed by atoms with Crippen LogP contribution >= 0.6 is 27.5 Å². The zero-order valence-electron chi connectivity index (χ0n) is 19.1. The second kappa shape index (κ2) is 10.9. The molecule has 1 aromatic heterocycles. The smallest absolute Gasteiger partial charge is 0.408 e. The standard InChI is InChI=1S/C21H29BrClN3O7/c1-7-12(23)16-13(8-14(32-16)26-9-11(22)17(27)25-19(26)29)31-18(28)15(10(2)3)24-20(30)33-21(4,5)6/h7,9-10,12-16H,1,8H2,2-6H3,(H,24,30)(H,25,27,29)/t12?,13-,14+,15-,16+/m0/s1. The van der Waals surface area contributed by atoms with Gasteiger partial charge in [0, 0.05) is 12.6 Å². The molecule has 1 unspecified atom stereocenters. The highest BCUT2D eigenvalue weighted by atomic mass is 79.9. The molecule has 0 aliphatic carbocycles. The van der Waals surface area contributed by atoms with Crippen molar-refractivity contribution >= 4 is 39.6 Å². The Labute approximate surface area is 204 Å². The van der Waals surface area contributed by atoms with Crippen molar-refractivity contribution in [1.29, 1.82) is 0 Å². The number of carbonyl (C=O) groups is 2. The molecule has 0 aromatic carbocycles. The number of ether oxygens (including phenoxy) is 3. The second-order valence-electron chi connectivity index (χ2n) is 8.96. The summed E-state index contributed by atoms with van der Waals surface area (Å²) < 4.78 is 18.1. The highest BCUT2D eigenvalue weighted by Gasteiger charge is 2.43. The van der Waals surface area contributed by atoms with Gasteiger partial charge < -0.3 is 19.5 Å². The highest BCUT2D eigenvalue weighted by Crippen LogP contribution is 2.34. The Kier molecular flexibility index (Phi) is 8.94. The van der Waals surface area contributed by atoms with Gasteiger partial charge in [-0.1, -0.05) is 19.9 Å². The molecular formula is C21H29BrClN3O7. The van der Waals surface area contributed by atoms with E-state index in [9.17, 15) is 19.2 Å². The zero-order valence-corrected chi connectivity index (χ0v) is 21.4. The number of hydrogen-bond donors (Lipinski definition) is 2. The third-order valence-electron chi connectivity index (χ3n) is 4.75. The summed E-state index contributed by atoms with van der Waals surface area (Å²) in [5.74, 6) is -0.997. The Hall–Kier alpha value is -2.11. The predicted octanol–water partition coefficient (Wildman–Crippen LogP) is 2.84. The van der Waals surface area contributed by atoms with Crippen LogP contribution in [0.3, 0.4) is 0 Å². The molecule has 33 heavy (non-hydrogen) atoms. The Balaban J connectivity index is 2.23. The van der Waals surface area contributed by atoms with Crippen LogP contribution in [-0.2, 0) is 19.0 Å². The van der Waals surface area contributed by atoms with E-state index in [0.717, 1.165) is 0 Å². The molecule has 1 fully saturated rings. The van der Waals surface area contributed by atoms with Crippen LogP contribution in [0.4, 0.5) is 4.79 Å². The molecule has 0 saturated carbocycles. The van der Waals surface area contributed by atoms with E-state index in [1.807, 2.05) is 0 Å². The van der Waals surface area contributed by atoms with Gasteiger partial charge in [-0.3, -0.25) is 14.3 Å². The molecule has 2 heterocycles. The molecule has 1 aromatic rings. The molecule has 0 bridgehead atoms. The maximum Gasteiger partial charge on any atom is 0.408 e. The molecule has 12 heteroatoms. The lowest BCUT2D eigenvalue weighted by Crippen LogP contribution is -2.48. The van der Waals surface area contributed by atoms with Gasteiger partial charge in [0.15, 0.2) is 0 Å². The molecular weight excluding hydrogens is 522 g/mol. The number of aromatic nitrogens is 2. The van der Waals surface area contributed by atoms with Gasteiger partial charge in [0.25, 0.3) is 5.56 Å². The first-order valence-electron chi connectivity index (χ1n) is 10.4. The second-order valence-corrected chi connectivity index (χ2v) is 10.3. The number of amides is 1. The Morgan fingerprint density at radius 3 is 2.58 bits per heavy atom. The van der Waals surface area contributed by atoms with Gasteiger partial charge in [-0.2, -0.15) is 0 Å². The number of alkyl carbamates (subject to hydrolysis) is 1. The minimum absolute atomic E-state index is 0.0864. The number of esters is 1. The van der Waals surface area contributed by atoms with E-state index in [4.69, 9.17) is 25.8 Å². The Morgan fingerprint density at radius 2 is 2.03 bits per heavy atom. The van der Waals surface area contributed by atoms with Crippen LogP contribution in [0, 0.1) is 5.92 Å². The topological polar surface area (TPSA) is 129 Å². The molecule has 1 amide bonds. The van der Waals surface area contributed by atoms with E-state index in [2.05, 4.69) is 32.8 Å². The van der Waals surface area contributed by atoms with Crippen molar-refractivity contribution in [2.75, 3.05) is 0 Å². The van der Waals surface area contributed by atoms with Crippen LogP contribution in [0.25, 0.3) is 0 Å². The van der Waals surface area contributed by atoms with Crippen LogP contribution in [0.1, 0.15) is 47.3 Å². The van der Waals surface area contributed by atoms with Gasteiger partial charge in [-0.15, -0.1) is 18.2 Å². The SMILES string of the molecule is C=CC(Cl)[C@H]1O[C@@H](n2cc(Br)c(=O)[nH]c2=O)C[C@@H]1OC(=O)[C@@H](NC(=O)OC(C)(C)C)C(C)C. The van der Waals surface area contributed by atoms with E-state index >= 15 is 0 Å². The number of carbonyl (C=O) groups excluding carboxylic acids is 2. The normalized spacial score (nSPS) is 22.5. The molecule has 0 spiro atoms. The van der Waals surface area contributed by atoms with Crippen molar-refractivity contribution in [1.82, 2.24) is 14.9 Å². The summed E-state index contributed by atoms with van der Waals surface area (Å²) in [6.07, 6.45) is -0.451. The number of halogens is 2. The molecule has 184 valence electrons. The minimum atomic E-state index is -0.984. The molecule has 10 nitrogen and oxygen atoms in total. The minimum Gasteiger partial charge on any atom is -0.458 e. The van der Waals surface area contributed by atoms with E-state index in [1.165, 1.54) is 16.8 Å². The number of nitrogens with zero attached hydrogens (tertiary/aromatic N) is 1. The fourth-order valence-electron chi connectivity index (χ4n) is 3.20.